The van der Waals surface area contributed by atoms with Crippen molar-refractivity contribution in [1.82, 2.24) is 24.6 Å². The number of hydrogen-bond donors (Lipinski definition) is 0. The Hall–Kier alpha value is -1.92. The smallest absolute Gasteiger partial charge is 0.230 e. The van der Waals surface area contributed by atoms with E-state index in [-0.39, 0.29) is 23.3 Å². The lowest BCUT2D eigenvalue weighted by molar-refractivity contribution is -0.148. The molecule has 0 radical (unpaired) electrons. The molecule has 2 saturated heterocycles. The summed E-state index contributed by atoms with van der Waals surface area (Å²) in [5.74, 6) is 0.406. The van der Waals surface area contributed by atoms with Crippen molar-refractivity contribution in [3.63, 3.8) is 0 Å². The van der Waals surface area contributed by atoms with Gasteiger partial charge >= 0.3 is 0 Å². The van der Waals surface area contributed by atoms with Crippen LogP contribution in [0.25, 0.3) is 0 Å². The molecule has 132 valence electrons. The zero-order chi connectivity index (χ0) is 17.2. The zero-order valence-electron chi connectivity index (χ0n) is 14.6. The van der Waals surface area contributed by atoms with E-state index in [2.05, 4.69) is 23.9 Å². The first-order valence-electron chi connectivity index (χ1n) is 8.93. The van der Waals surface area contributed by atoms with Gasteiger partial charge in [-0.2, -0.15) is 5.10 Å². The van der Waals surface area contributed by atoms with Gasteiger partial charge in [0.25, 0.3) is 0 Å². The van der Waals surface area contributed by atoms with Gasteiger partial charge in [0.05, 0.1) is 5.41 Å². The van der Waals surface area contributed by atoms with Gasteiger partial charge in [-0.3, -0.25) is 14.3 Å². The van der Waals surface area contributed by atoms with Crippen molar-refractivity contribution in [1.29, 1.82) is 0 Å². The molecular formula is C17H27N5O2. The minimum absolute atomic E-state index is 0.154. The standard InChI is InChI=1S/C17H27N5O2/c1-14(2)22-9-4-6-17(16(22)24)7-10-20(11-17)15(23)5-3-8-21-13-18-12-19-21/h12-14H,3-11H2,1-2H3/t17-/m0/s1. The van der Waals surface area contributed by atoms with Gasteiger partial charge in [0.2, 0.25) is 11.8 Å². The maximum Gasteiger partial charge on any atom is 0.230 e. The number of piperidine rings is 1. The third-order valence-electron chi connectivity index (χ3n) is 5.34. The summed E-state index contributed by atoms with van der Waals surface area (Å²) >= 11 is 0. The van der Waals surface area contributed by atoms with Crippen LogP contribution in [-0.4, -0.2) is 62.1 Å². The van der Waals surface area contributed by atoms with E-state index in [1.807, 2.05) is 9.80 Å². The van der Waals surface area contributed by atoms with Crippen molar-refractivity contribution in [3.8, 4) is 0 Å². The Bertz CT molecular complexity index is 586. The lowest BCUT2D eigenvalue weighted by Crippen LogP contribution is -2.52. The lowest BCUT2D eigenvalue weighted by Gasteiger charge is -2.41. The average Bonchev–Trinajstić information content (AvgIpc) is 3.20. The fourth-order valence-electron chi connectivity index (χ4n) is 3.96. The van der Waals surface area contributed by atoms with E-state index in [1.54, 1.807) is 11.0 Å². The summed E-state index contributed by atoms with van der Waals surface area (Å²) in [6.07, 6.45) is 7.17. The highest BCUT2D eigenvalue weighted by atomic mass is 16.2. The van der Waals surface area contributed by atoms with E-state index in [0.717, 1.165) is 32.2 Å². The number of aryl methyl sites for hydroxylation is 1. The monoisotopic (exact) mass is 333 g/mol. The lowest BCUT2D eigenvalue weighted by atomic mass is 9.78. The first-order valence-corrected chi connectivity index (χ1v) is 8.93. The highest BCUT2D eigenvalue weighted by Gasteiger charge is 2.49. The molecule has 0 aromatic carbocycles. The normalized spacial score (nSPS) is 24.4. The minimum atomic E-state index is -0.329. The number of aromatic nitrogens is 3. The molecule has 2 aliphatic rings. The summed E-state index contributed by atoms with van der Waals surface area (Å²) in [6, 6.07) is 0.238. The molecule has 2 amide bonds. The van der Waals surface area contributed by atoms with E-state index >= 15 is 0 Å². The number of carbonyl (C=O) groups excluding carboxylic acids is 2. The number of amides is 2. The second-order valence-corrected chi connectivity index (χ2v) is 7.30. The van der Waals surface area contributed by atoms with Crippen molar-refractivity contribution in [2.75, 3.05) is 19.6 Å². The third-order valence-corrected chi connectivity index (χ3v) is 5.34. The molecule has 1 aromatic heterocycles. The van der Waals surface area contributed by atoms with Crippen LogP contribution in [0.1, 0.15) is 46.0 Å². The Morgan fingerprint density at radius 1 is 1.33 bits per heavy atom. The van der Waals surface area contributed by atoms with Crippen LogP contribution in [0.3, 0.4) is 0 Å². The molecule has 2 fully saturated rings. The van der Waals surface area contributed by atoms with Gasteiger partial charge in [-0.05, 0) is 39.5 Å². The van der Waals surface area contributed by atoms with Crippen LogP contribution >= 0.6 is 0 Å². The van der Waals surface area contributed by atoms with Gasteiger partial charge in [-0.1, -0.05) is 0 Å². The Balaban J connectivity index is 1.54. The van der Waals surface area contributed by atoms with Crippen LogP contribution in [0.5, 0.6) is 0 Å². The molecule has 1 aromatic rings. The molecule has 1 spiro atoms. The van der Waals surface area contributed by atoms with Crippen LogP contribution in [-0.2, 0) is 16.1 Å². The highest BCUT2D eigenvalue weighted by Crippen LogP contribution is 2.40. The van der Waals surface area contributed by atoms with Crippen LogP contribution in [0.2, 0.25) is 0 Å². The molecule has 7 nitrogen and oxygen atoms in total. The van der Waals surface area contributed by atoms with Gasteiger partial charge in [0.1, 0.15) is 12.7 Å². The quantitative estimate of drug-likeness (QED) is 0.814. The molecule has 1 atom stereocenters. The Kier molecular flexibility index (Phi) is 4.87. The van der Waals surface area contributed by atoms with Gasteiger partial charge in [0, 0.05) is 38.6 Å². The summed E-state index contributed by atoms with van der Waals surface area (Å²) in [6.45, 7) is 6.99. The molecule has 0 bridgehead atoms. The Morgan fingerprint density at radius 3 is 2.88 bits per heavy atom. The molecule has 0 N–H and O–H groups in total. The first kappa shape index (κ1) is 16.9. The zero-order valence-corrected chi connectivity index (χ0v) is 14.6. The van der Waals surface area contributed by atoms with Gasteiger partial charge in [-0.25, -0.2) is 4.98 Å². The number of likely N-dealkylation sites (tertiary alicyclic amines) is 2. The SMILES string of the molecule is CC(C)N1CCC[C@@]2(CCN(C(=O)CCCn3cncn3)C2)C1=O. The number of rotatable bonds is 5. The molecule has 3 rings (SSSR count). The van der Waals surface area contributed by atoms with E-state index in [4.69, 9.17) is 0 Å². The molecule has 0 unspecified atom stereocenters. The molecule has 0 aliphatic carbocycles. The van der Waals surface area contributed by atoms with Crippen LogP contribution in [0.15, 0.2) is 12.7 Å². The summed E-state index contributed by atoms with van der Waals surface area (Å²) in [5, 5.41) is 4.04. The Morgan fingerprint density at radius 2 is 2.17 bits per heavy atom. The summed E-state index contributed by atoms with van der Waals surface area (Å²) in [7, 11) is 0. The highest BCUT2D eigenvalue weighted by molar-refractivity contribution is 5.86. The minimum Gasteiger partial charge on any atom is -0.342 e. The summed E-state index contributed by atoms with van der Waals surface area (Å²) < 4.78 is 1.74. The van der Waals surface area contributed by atoms with E-state index in [9.17, 15) is 9.59 Å². The number of hydrogen-bond acceptors (Lipinski definition) is 4. The van der Waals surface area contributed by atoms with Crippen molar-refractivity contribution in [2.24, 2.45) is 5.41 Å². The van der Waals surface area contributed by atoms with E-state index in [0.29, 0.717) is 26.1 Å². The number of carbonyl (C=O) groups is 2. The maximum atomic E-state index is 12.9. The summed E-state index contributed by atoms with van der Waals surface area (Å²) in [4.78, 5) is 33.2. The van der Waals surface area contributed by atoms with E-state index in [1.165, 1.54) is 6.33 Å². The van der Waals surface area contributed by atoms with Gasteiger partial charge < -0.3 is 9.80 Å². The van der Waals surface area contributed by atoms with Crippen molar-refractivity contribution >= 4 is 11.8 Å². The number of nitrogens with zero attached hydrogens (tertiary/aromatic N) is 5. The second-order valence-electron chi connectivity index (χ2n) is 7.30. The third kappa shape index (κ3) is 3.30. The fraction of sp³-hybridized carbons (Fsp3) is 0.765. The molecule has 3 heterocycles. The molecule has 2 aliphatic heterocycles. The summed E-state index contributed by atoms with van der Waals surface area (Å²) in [5.41, 5.74) is -0.329. The fourth-order valence-corrected chi connectivity index (χ4v) is 3.96. The maximum absolute atomic E-state index is 12.9. The Labute approximate surface area is 143 Å². The molecule has 0 saturated carbocycles. The van der Waals surface area contributed by atoms with Crippen LogP contribution < -0.4 is 0 Å². The van der Waals surface area contributed by atoms with Crippen molar-refractivity contribution in [3.05, 3.63) is 12.7 Å². The molecule has 24 heavy (non-hydrogen) atoms. The average molecular weight is 333 g/mol. The van der Waals surface area contributed by atoms with Crippen molar-refractivity contribution < 1.29 is 9.59 Å². The van der Waals surface area contributed by atoms with Crippen LogP contribution in [0, 0.1) is 5.41 Å². The van der Waals surface area contributed by atoms with Crippen molar-refractivity contribution in [2.45, 2.75) is 58.5 Å². The van der Waals surface area contributed by atoms with Gasteiger partial charge in [0.15, 0.2) is 0 Å². The van der Waals surface area contributed by atoms with Crippen LogP contribution in [0.4, 0.5) is 0 Å². The predicted molar refractivity (Wildman–Crippen MR) is 89.0 cm³/mol. The topological polar surface area (TPSA) is 71.3 Å². The molecule has 7 heteroatoms. The predicted octanol–water partition coefficient (Wildman–Crippen LogP) is 1.31. The molecular weight excluding hydrogens is 306 g/mol. The second kappa shape index (κ2) is 6.91. The van der Waals surface area contributed by atoms with E-state index < -0.39 is 0 Å². The largest absolute Gasteiger partial charge is 0.342 e. The van der Waals surface area contributed by atoms with Gasteiger partial charge in [-0.15, -0.1) is 0 Å². The first-order chi connectivity index (χ1) is 11.5.